The molecule has 1 aliphatic heterocycles. The highest BCUT2D eigenvalue weighted by Crippen LogP contribution is 2.33. The SMILES string of the molecule is CC1(C)C(NC(=O)/C(=N\OCCOc2ccc(Oc3cc[n+](CCCN)cc3)nc2)c2csc(N)n2)C(=O)N1OS(=O)(=O)O.COC(=O)C(F)(F)P.O=CO. The van der Waals surface area contributed by atoms with Gasteiger partial charge in [0, 0.05) is 30.0 Å². The molecule has 2 atom stereocenters. The summed E-state index contributed by atoms with van der Waals surface area (Å²) in [5, 5.41) is 15.3. The Labute approximate surface area is 318 Å². The predicted octanol–water partition coefficient (Wildman–Crippen LogP) is 0.517. The average molecular weight is 840 g/mol. The molecule has 2 amide bonds. The summed E-state index contributed by atoms with van der Waals surface area (Å²) in [6, 6.07) is 5.75. The number of nitrogens with zero attached hydrogens (tertiary/aromatic N) is 5. The molecule has 21 nitrogen and oxygen atoms in total. The van der Waals surface area contributed by atoms with Crippen molar-refractivity contribution in [1.29, 1.82) is 0 Å². The molecule has 0 aromatic carbocycles. The number of oxime groups is 1. The Hall–Kier alpha value is -5.20. The van der Waals surface area contributed by atoms with Gasteiger partial charge in [-0.25, -0.2) is 19.3 Å². The first-order chi connectivity index (χ1) is 25.8. The Bertz CT molecular complexity index is 1880. The van der Waals surface area contributed by atoms with E-state index in [1.165, 1.54) is 25.4 Å². The Kier molecular flexibility index (Phi) is 17.6. The van der Waals surface area contributed by atoms with E-state index >= 15 is 0 Å². The van der Waals surface area contributed by atoms with E-state index < -0.39 is 45.4 Å². The van der Waals surface area contributed by atoms with Crippen molar-refractivity contribution in [3.8, 4) is 17.4 Å². The smallest absolute Gasteiger partial charge is 0.418 e. The molecule has 1 fully saturated rings. The number of hydroxylamine groups is 2. The van der Waals surface area contributed by atoms with E-state index in [2.05, 4.69) is 29.5 Å². The molecule has 0 aliphatic carbocycles. The fourth-order valence-electron chi connectivity index (χ4n) is 4.03. The summed E-state index contributed by atoms with van der Waals surface area (Å²) in [4.78, 5) is 57.2. The molecular weight excluding hydrogens is 801 g/mol. The van der Waals surface area contributed by atoms with Gasteiger partial charge in [0.2, 0.25) is 5.88 Å². The summed E-state index contributed by atoms with van der Waals surface area (Å²) < 4.78 is 75.6. The number of nitrogens with two attached hydrogens (primary N) is 2. The third-order valence-corrected chi connectivity index (χ3v) is 7.82. The number of carbonyl (C=O) groups excluding carboxylic acids is 3. The largest absolute Gasteiger partial charge is 0.488 e. The van der Waals surface area contributed by atoms with Crippen LogP contribution in [0.25, 0.3) is 0 Å². The maximum absolute atomic E-state index is 13.1. The van der Waals surface area contributed by atoms with Gasteiger partial charge < -0.3 is 40.9 Å². The second-order valence-electron chi connectivity index (χ2n) is 11.0. The van der Waals surface area contributed by atoms with Crippen molar-refractivity contribution in [1.82, 2.24) is 20.3 Å². The molecule has 3 aromatic rings. The number of carbonyl (C=O) groups is 4. The van der Waals surface area contributed by atoms with E-state index in [1.807, 2.05) is 29.1 Å². The van der Waals surface area contributed by atoms with Crippen LogP contribution in [0.5, 0.6) is 17.4 Å². The van der Waals surface area contributed by atoms with Gasteiger partial charge in [0.05, 0.1) is 18.8 Å². The highest BCUT2D eigenvalue weighted by Gasteiger charge is 2.58. The number of anilines is 1. The van der Waals surface area contributed by atoms with Crippen LogP contribution in [-0.2, 0) is 50.0 Å². The number of methoxy groups -OCH3 is 1. The summed E-state index contributed by atoms with van der Waals surface area (Å²) in [6.07, 6.45) is 6.15. The van der Waals surface area contributed by atoms with Crippen molar-refractivity contribution in [2.45, 2.75) is 44.1 Å². The fraction of sp³-hybridized carbons (Fsp3) is 0.379. The number of amides is 2. The molecular formula is C29H38F2N8O13PS2+. The van der Waals surface area contributed by atoms with Gasteiger partial charge in [0.1, 0.15) is 36.4 Å². The van der Waals surface area contributed by atoms with Gasteiger partial charge in [0.15, 0.2) is 29.8 Å². The van der Waals surface area contributed by atoms with E-state index in [0.29, 0.717) is 29.0 Å². The molecule has 0 bridgehead atoms. The standard InChI is InChI=1S/C25H30N8O9S2.C3H5F2O2P.CH2O2/c1-25(2)21(23(35)33(25)42-44(36,37)38)30-22(34)20(18-15-43-24(27)29-18)31-40-13-12-39-17-4-5-19(28-14-17)41-16-6-10-32(11-7-16)9-3-8-26;1-7-2(6)3(4,5)8;2-1-3/h4-7,10-11,14-15,21H,3,8-9,12-13,26H2,1-2H3,(H3-,27,29,30,34,36,37,38);8H2,1H3;1H,(H,2,3)/p+1/b31-20-;;. The molecule has 55 heavy (non-hydrogen) atoms. The number of rotatable bonds is 16. The van der Waals surface area contributed by atoms with Crippen LogP contribution in [0.2, 0.25) is 0 Å². The van der Waals surface area contributed by atoms with Crippen LogP contribution in [0, 0.1) is 0 Å². The topological polar surface area (TPSA) is 298 Å². The van der Waals surface area contributed by atoms with Gasteiger partial charge in [-0.2, -0.15) is 22.3 Å². The van der Waals surface area contributed by atoms with Gasteiger partial charge in [-0.15, -0.1) is 15.6 Å². The molecule has 0 spiro atoms. The zero-order valence-electron chi connectivity index (χ0n) is 29.2. The molecule has 302 valence electrons. The van der Waals surface area contributed by atoms with Gasteiger partial charge in [-0.1, -0.05) is 5.16 Å². The van der Waals surface area contributed by atoms with Crippen molar-refractivity contribution in [2.24, 2.45) is 10.9 Å². The van der Waals surface area contributed by atoms with Crippen LogP contribution in [0.15, 0.2) is 53.4 Å². The van der Waals surface area contributed by atoms with Crippen molar-refractivity contribution < 1.29 is 73.9 Å². The van der Waals surface area contributed by atoms with Crippen LogP contribution in [0.3, 0.4) is 0 Å². The third kappa shape index (κ3) is 14.9. The van der Waals surface area contributed by atoms with Crippen LogP contribution in [0.4, 0.5) is 13.9 Å². The summed E-state index contributed by atoms with van der Waals surface area (Å²) in [5.41, 5.74) is 6.27. The van der Waals surface area contributed by atoms with E-state index in [0.717, 1.165) is 40.7 Å². The summed E-state index contributed by atoms with van der Waals surface area (Å²) in [5.74, 6) is -1.87. The second kappa shape index (κ2) is 21.0. The van der Waals surface area contributed by atoms with Crippen molar-refractivity contribution >= 4 is 66.1 Å². The summed E-state index contributed by atoms with van der Waals surface area (Å²) in [7, 11) is -2.98. The van der Waals surface area contributed by atoms with E-state index in [-0.39, 0.29) is 36.2 Å². The average Bonchev–Trinajstić information content (AvgIpc) is 3.56. The highest BCUT2D eigenvalue weighted by atomic mass is 32.3. The molecule has 1 aliphatic rings. The number of alkyl halides is 2. The lowest BCUT2D eigenvalue weighted by atomic mass is 9.84. The normalized spacial score (nSPS) is 14.8. The Morgan fingerprint density at radius 2 is 1.87 bits per heavy atom. The van der Waals surface area contributed by atoms with Gasteiger partial charge in [-0.05, 0) is 35.7 Å². The summed E-state index contributed by atoms with van der Waals surface area (Å²) in [6.45, 7) is 3.99. The zero-order valence-corrected chi connectivity index (χ0v) is 32.0. The minimum atomic E-state index is -4.95. The lowest BCUT2D eigenvalue weighted by molar-refractivity contribution is -0.697. The maximum atomic E-state index is 13.1. The number of hydrogen-bond donors (Lipinski definition) is 5. The third-order valence-electron chi connectivity index (χ3n) is 6.57. The number of carboxylic acid groups (broad SMARTS) is 1. The number of ether oxygens (including phenoxy) is 3. The molecule has 26 heteroatoms. The number of nitrogens with one attached hydrogen (secondary N) is 1. The molecule has 0 radical (unpaired) electrons. The summed E-state index contributed by atoms with van der Waals surface area (Å²) >= 11 is 1.06. The number of aromatic nitrogens is 3. The van der Waals surface area contributed by atoms with Gasteiger partial charge in [0.25, 0.3) is 18.3 Å². The van der Waals surface area contributed by atoms with Gasteiger partial charge in [-0.3, -0.25) is 18.9 Å². The maximum Gasteiger partial charge on any atom is 0.418 e. The predicted molar refractivity (Wildman–Crippen MR) is 190 cm³/mol. The number of hydrogen-bond acceptors (Lipinski definition) is 17. The van der Waals surface area contributed by atoms with Crippen LogP contribution in [0.1, 0.15) is 26.0 Å². The number of β-lactam (4-membered cyclic amide) rings is 1. The minimum Gasteiger partial charge on any atom is -0.488 e. The lowest BCUT2D eigenvalue weighted by Gasteiger charge is -2.50. The molecule has 3 aromatic heterocycles. The van der Waals surface area contributed by atoms with Crippen molar-refractivity contribution in [3.63, 3.8) is 0 Å². The van der Waals surface area contributed by atoms with Crippen molar-refractivity contribution in [2.75, 3.05) is 32.6 Å². The number of thiazole rings is 1. The van der Waals surface area contributed by atoms with Crippen LogP contribution >= 0.6 is 20.6 Å². The Morgan fingerprint density at radius 1 is 1.22 bits per heavy atom. The van der Waals surface area contributed by atoms with Gasteiger partial charge >= 0.3 is 22.0 Å². The lowest BCUT2D eigenvalue weighted by Crippen LogP contribution is -2.76. The van der Waals surface area contributed by atoms with Crippen LogP contribution in [-0.4, -0.2) is 107 Å². The number of esters is 1. The van der Waals surface area contributed by atoms with E-state index in [9.17, 15) is 31.6 Å². The first-order valence-corrected chi connectivity index (χ1v) is 18.1. The van der Waals surface area contributed by atoms with Crippen LogP contribution < -0.4 is 30.8 Å². The fourth-order valence-corrected chi connectivity index (χ4v) is 5.15. The number of nitrogen functional groups attached to an aromatic ring is 1. The van der Waals surface area contributed by atoms with E-state index in [4.69, 9.17) is 40.2 Å². The quantitative estimate of drug-likeness (QED) is 0.0151. The molecule has 1 saturated heterocycles. The van der Waals surface area contributed by atoms with Crippen molar-refractivity contribution in [3.05, 3.63) is 53.9 Å². The molecule has 4 heterocycles. The molecule has 2 unspecified atom stereocenters. The zero-order chi connectivity index (χ0) is 41.4. The first kappa shape index (κ1) is 46.0. The monoisotopic (exact) mass is 839 g/mol. The minimum absolute atomic E-state index is 0.0387. The molecule has 0 saturated carbocycles. The highest BCUT2D eigenvalue weighted by molar-refractivity contribution is 7.80. The molecule has 7 N–H and O–H groups in total. The van der Waals surface area contributed by atoms with E-state index in [1.54, 1.807) is 12.1 Å². The first-order valence-electron chi connectivity index (χ1n) is 15.3. The number of aryl methyl sites for hydroxylation is 1. The Morgan fingerprint density at radius 3 is 2.35 bits per heavy atom. The number of halogens is 2. The second-order valence-corrected chi connectivity index (χ2v) is 13.6. The molecule has 4 rings (SSSR count). The number of pyridine rings is 2. The Balaban J connectivity index is 0.000000833.